The highest BCUT2D eigenvalue weighted by atomic mass is 32.2. The minimum Gasteiger partial charge on any atom is -0.464 e. The lowest BCUT2D eigenvalue weighted by molar-refractivity contribution is 0.0586. The normalized spacial score (nSPS) is 13.8. The van der Waals surface area contributed by atoms with E-state index in [1.807, 2.05) is 0 Å². The van der Waals surface area contributed by atoms with Crippen molar-refractivity contribution in [3.8, 4) is 0 Å². The predicted molar refractivity (Wildman–Crippen MR) is 79.9 cm³/mol. The molecule has 0 fully saturated rings. The van der Waals surface area contributed by atoms with E-state index < -0.39 is 17.5 Å². The number of hydrogen-bond acceptors (Lipinski definition) is 8. The van der Waals surface area contributed by atoms with Gasteiger partial charge in [-0.2, -0.15) is 0 Å². The second-order valence-corrected chi connectivity index (χ2v) is 5.76. The summed E-state index contributed by atoms with van der Waals surface area (Å²) in [6.07, 6.45) is 4.01. The smallest absolute Gasteiger partial charge is 0.361 e. The molecule has 2 N–H and O–H groups in total. The highest BCUT2D eigenvalue weighted by Gasteiger charge is 2.36. The third kappa shape index (κ3) is 3.28. The molecule has 7 nitrogen and oxygen atoms in total. The number of Topliss-reactive ketones (excluding diaryl/α,β-unsaturated/α-hetero) is 1. The molecule has 0 spiro atoms. The van der Waals surface area contributed by atoms with Gasteiger partial charge in [-0.3, -0.25) is 9.59 Å². The van der Waals surface area contributed by atoms with Crippen LogP contribution in [0.15, 0.2) is 15.5 Å². The number of rotatable bonds is 7. The van der Waals surface area contributed by atoms with E-state index in [0.717, 1.165) is 19.3 Å². The number of nitrogens with zero attached hydrogens (tertiary/aromatic N) is 1. The Bertz CT molecular complexity index is 635. The molecule has 118 valence electrons. The third-order valence-electron chi connectivity index (χ3n) is 3.11. The maximum Gasteiger partial charge on any atom is 0.361 e. The van der Waals surface area contributed by atoms with Gasteiger partial charge in [0.05, 0.1) is 12.0 Å². The van der Waals surface area contributed by atoms with Gasteiger partial charge in [0, 0.05) is 6.08 Å². The largest absolute Gasteiger partial charge is 0.464 e. The summed E-state index contributed by atoms with van der Waals surface area (Å²) >= 11 is 1.28. The van der Waals surface area contributed by atoms with Crippen LogP contribution in [0.5, 0.6) is 0 Å². The van der Waals surface area contributed by atoms with Crippen molar-refractivity contribution in [1.82, 2.24) is 5.16 Å². The molecule has 2 rings (SSSR count). The Balaban J connectivity index is 2.13. The molecule has 0 bridgehead atoms. The molecular formula is C14H16N2O5S. The molecule has 0 aliphatic heterocycles. The van der Waals surface area contributed by atoms with Crippen LogP contribution >= 0.6 is 11.8 Å². The van der Waals surface area contributed by atoms with Gasteiger partial charge in [-0.05, 0) is 25.1 Å². The summed E-state index contributed by atoms with van der Waals surface area (Å²) < 4.78 is 9.35. The summed E-state index contributed by atoms with van der Waals surface area (Å²) in [4.78, 5) is 36.3. The van der Waals surface area contributed by atoms with Crippen LogP contribution in [0, 0.1) is 0 Å². The standard InChI is InChI=1S/C14H16N2O5S/c1-20-14(19)11-10-12(18)9(22-6-4-2-3-5-15)7-8(17)13(10)21-16-11/h7H,2-6,15H2,1H3. The molecule has 1 aromatic heterocycles. The van der Waals surface area contributed by atoms with Gasteiger partial charge in [0.25, 0.3) is 0 Å². The molecule has 22 heavy (non-hydrogen) atoms. The zero-order chi connectivity index (χ0) is 16.1. The number of nitrogens with two attached hydrogens (primary N) is 1. The molecule has 0 amide bonds. The van der Waals surface area contributed by atoms with E-state index in [4.69, 9.17) is 10.3 Å². The number of hydrogen-bond donors (Lipinski definition) is 1. The zero-order valence-electron chi connectivity index (χ0n) is 12.1. The van der Waals surface area contributed by atoms with Gasteiger partial charge in [0.15, 0.2) is 0 Å². The van der Waals surface area contributed by atoms with E-state index >= 15 is 0 Å². The molecule has 1 aliphatic rings. The van der Waals surface area contributed by atoms with Crippen molar-refractivity contribution in [3.63, 3.8) is 0 Å². The van der Waals surface area contributed by atoms with Crippen molar-refractivity contribution in [1.29, 1.82) is 0 Å². The summed E-state index contributed by atoms with van der Waals surface area (Å²) in [6, 6.07) is 0. The monoisotopic (exact) mass is 324 g/mol. The van der Waals surface area contributed by atoms with Crippen LogP contribution in [0.2, 0.25) is 0 Å². The van der Waals surface area contributed by atoms with Crippen molar-refractivity contribution >= 4 is 29.3 Å². The summed E-state index contributed by atoms with van der Waals surface area (Å²) in [5.74, 6) is -1.22. The number of unbranched alkanes of at least 4 members (excludes halogenated alkanes) is 2. The summed E-state index contributed by atoms with van der Waals surface area (Å²) in [5, 5.41) is 3.48. The Kier molecular flexibility index (Phi) is 5.51. The fourth-order valence-electron chi connectivity index (χ4n) is 1.99. The number of thioether (sulfide) groups is 1. The lowest BCUT2D eigenvalue weighted by atomic mass is 10.00. The van der Waals surface area contributed by atoms with Crippen LogP contribution < -0.4 is 5.73 Å². The lowest BCUT2D eigenvalue weighted by Gasteiger charge is -2.10. The maximum absolute atomic E-state index is 12.4. The molecule has 0 aromatic carbocycles. The molecule has 8 heteroatoms. The number of carbonyl (C=O) groups excluding carboxylic acids is 3. The van der Waals surface area contributed by atoms with E-state index in [0.29, 0.717) is 17.2 Å². The van der Waals surface area contributed by atoms with Gasteiger partial charge < -0.3 is 15.0 Å². The third-order valence-corrected chi connectivity index (χ3v) is 4.22. The lowest BCUT2D eigenvalue weighted by Crippen LogP contribution is -2.17. The molecular weight excluding hydrogens is 308 g/mol. The Labute approximate surface area is 131 Å². The molecule has 1 aliphatic carbocycles. The molecule has 0 atom stereocenters. The number of ether oxygens (including phenoxy) is 1. The average molecular weight is 324 g/mol. The van der Waals surface area contributed by atoms with Crippen LogP contribution in [0.25, 0.3) is 0 Å². The zero-order valence-corrected chi connectivity index (χ0v) is 12.9. The highest BCUT2D eigenvalue weighted by Crippen LogP contribution is 2.31. The fourth-order valence-corrected chi connectivity index (χ4v) is 2.98. The van der Waals surface area contributed by atoms with Gasteiger partial charge in [-0.25, -0.2) is 4.79 Å². The number of aromatic nitrogens is 1. The van der Waals surface area contributed by atoms with Gasteiger partial charge in [-0.15, -0.1) is 11.8 Å². The Hall–Kier alpha value is -1.93. The number of allylic oxidation sites excluding steroid dienone is 2. The second-order valence-electron chi connectivity index (χ2n) is 4.63. The van der Waals surface area contributed by atoms with E-state index in [1.165, 1.54) is 24.9 Å². The maximum atomic E-state index is 12.4. The summed E-state index contributed by atoms with van der Waals surface area (Å²) in [7, 11) is 1.17. The summed E-state index contributed by atoms with van der Waals surface area (Å²) in [5.41, 5.74) is 5.05. The molecule has 0 saturated carbocycles. The van der Waals surface area contributed by atoms with Crippen LogP contribution in [-0.2, 0) is 4.74 Å². The minimum absolute atomic E-state index is 0.108. The van der Waals surface area contributed by atoms with Crippen LogP contribution in [0.3, 0.4) is 0 Å². The van der Waals surface area contributed by atoms with Crippen LogP contribution in [0.1, 0.15) is 50.7 Å². The van der Waals surface area contributed by atoms with Crippen molar-refractivity contribution in [2.24, 2.45) is 5.73 Å². The van der Waals surface area contributed by atoms with E-state index in [-0.39, 0.29) is 17.0 Å². The van der Waals surface area contributed by atoms with E-state index in [9.17, 15) is 14.4 Å². The van der Waals surface area contributed by atoms with Gasteiger partial charge in [0.1, 0.15) is 5.56 Å². The molecule has 0 unspecified atom stereocenters. The molecule has 1 heterocycles. The first-order valence-electron chi connectivity index (χ1n) is 6.81. The van der Waals surface area contributed by atoms with E-state index in [2.05, 4.69) is 9.89 Å². The number of carbonyl (C=O) groups is 3. The first-order chi connectivity index (χ1) is 10.6. The van der Waals surface area contributed by atoms with Crippen LogP contribution in [-0.4, -0.2) is 42.1 Å². The minimum atomic E-state index is -0.805. The molecule has 0 radical (unpaired) electrons. The quantitative estimate of drug-likeness (QED) is 0.594. The van der Waals surface area contributed by atoms with Crippen molar-refractivity contribution in [2.45, 2.75) is 19.3 Å². The SMILES string of the molecule is COC(=O)c1noc2c1C(=O)C(SCCCCCN)=CC2=O. The van der Waals surface area contributed by atoms with Gasteiger partial charge in [-0.1, -0.05) is 11.6 Å². The van der Waals surface area contributed by atoms with Crippen molar-refractivity contribution in [2.75, 3.05) is 19.4 Å². The van der Waals surface area contributed by atoms with Crippen LogP contribution in [0.4, 0.5) is 0 Å². The van der Waals surface area contributed by atoms with Crippen molar-refractivity contribution in [3.05, 3.63) is 28.0 Å². The van der Waals surface area contributed by atoms with Gasteiger partial charge in [0.2, 0.25) is 23.0 Å². The van der Waals surface area contributed by atoms with Gasteiger partial charge >= 0.3 is 5.97 Å². The number of ketones is 2. The second kappa shape index (κ2) is 7.37. The van der Waals surface area contributed by atoms with Crippen molar-refractivity contribution < 1.29 is 23.6 Å². The number of methoxy groups -OCH3 is 1. The van der Waals surface area contributed by atoms with E-state index in [1.54, 1.807) is 0 Å². The average Bonchev–Trinajstić information content (AvgIpc) is 2.96. The summed E-state index contributed by atoms with van der Waals surface area (Å²) in [6.45, 7) is 0.636. The Morgan fingerprint density at radius 1 is 1.36 bits per heavy atom. The topological polar surface area (TPSA) is 112 Å². The number of fused-ring (bicyclic) bond motifs is 1. The molecule has 0 saturated heterocycles. The first-order valence-corrected chi connectivity index (χ1v) is 7.80. The first kappa shape index (κ1) is 16.4. The highest BCUT2D eigenvalue weighted by molar-refractivity contribution is 8.04. The Morgan fingerprint density at radius 3 is 2.82 bits per heavy atom. The predicted octanol–water partition coefficient (Wildman–Crippen LogP) is 1.59. The Morgan fingerprint density at radius 2 is 2.14 bits per heavy atom. The number of esters is 1. The fraction of sp³-hybridized carbons (Fsp3) is 0.429. The molecule has 1 aromatic rings.